The van der Waals surface area contributed by atoms with Gasteiger partial charge in [-0.15, -0.1) is 0 Å². The van der Waals surface area contributed by atoms with Gasteiger partial charge in [-0.05, 0) is 39.2 Å². The van der Waals surface area contributed by atoms with Crippen LogP contribution in [0.2, 0.25) is 0 Å². The molecule has 0 aromatic rings. The largest absolute Gasteiger partial charge is 0.461 e. The number of carbonyl (C=O) groups is 1. The molecule has 4 nitrogen and oxygen atoms in total. The maximum absolute atomic E-state index is 11.1. The van der Waals surface area contributed by atoms with Gasteiger partial charge in [0.05, 0.1) is 12.2 Å². The maximum atomic E-state index is 11.1. The molecule has 0 unspecified atom stereocenters. The van der Waals surface area contributed by atoms with E-state index in [1.54, 1.807) is 0 Å². The van der Waals surface area contributed by atoms with Gasteiger partial charge in [0.2, 0.25) is 0 Å². The van der Waals surface area contributed by atoms with Gasteiger partial charge in [-0.25, -0.2) is 4.79 Å². The molecular formula is C10H19NO3. The van der Waals surface area contributed by atoms with Crippen LogP contribution in [-0.4, -0.2) is 31.3 Å². The zero-order chi connectivity index (χ0) is 10.6. The Hall–Kier alpha value is -0.610. The molecule has 0 saturated heterocycles. The van der Waals surface area contributed by atoms with Gasteiger partial charge in [0.1, 0.15) is 6.61 Å². The summed E-state index contributed by atoms with van der Waals surface area (Å²) in [5.74, 6) is 0.303. The number of carbonyl (C=O) groups excluding carboxylic acids is 1. The number of hydrogen-bond acceptors (Lipinski definition) is 4. The Labute approximate surface area is 84.7 Å². The van der Waals surface area contributed by atoms with E-state index >= 15 is 0 Å². The normalized spacial score (nSPS) is 26.0. The molecule has 1 aliphatic rings. The molecule has 1 saturated carbocycles. The second-order valence-electron chi connectivity index (χ2n) is 4.04. The van der Waals surface area contributed by atoms with E-state index in [2.05, 4.69) is 0 Å². The Kier molecular flexibility index (Phi) is 4.35. The second-order valence-corrected chi connectivity index (χ2v) is 4.04. The van der Waals surface area contributed by atoms with E-state index in [1.165, 1.54) is 0 Å². The molecule has 14 heavy (non-hydrogen) atoms. The fourth-order valence-electron chi connectivity index (χ4n) is 1.49. The van der Waals surface area contributed by atoms with Gasteiger partial charge in [0.15, 0.2) is 0 Å². The van der Waals surface area contributed by atoms with E-state index in [0.29, 0.717) is 5.92 Å². The lowest BCUT2D eigenvalue weighted by atomic mass is 9.82. The Morgan fingerprint density at radius 3 is 2.64 bits per heavy atom. The monoisotopic (exact) mass is 201 g/mol. The first-order chi connectivity index (χ1) is 6.61. The molecule has 0 heterocycles. The molecule has 82 valence electrons. The molecular weight excluding hydrogens is 182 g/mol. The van der Waals surface area contributed by atoms with Crippen LogP contribution in [0, 0.1) is 5.92 Å². The van der Waals surface area contributed by atoms with Crippen molar-refractivity contribution in [3.63, 3.8) is 0 Å². The van der Waals surface area contributed by atoms with Crippen molar-refractivity contribution < 1.29 is 14.3 Å². The van der Waals surface area contributed by atoms with E-state index in [9.17, 15) is 4.79 Å². The van der Waals surface area contributed by atoms with E-state index < -0.39 is 0 Å². The Morgan fingerprint density at radius 2 is 2.14 bits per heavy atom. The van der Waals surface area contributed by atoms with Crippen molar-refractivity contribution in [2.24, 2.45) is 11.7 Å². The van der Waals surface area contributed by atoms with Crippen molar-refractivity contribution in [2.75, 3.05) is 13.2 Å². The van der Waals surface area contributed by atoms with Crippen molar-refractivity contribution in [3.05, 3.63) is 0 Å². The molecule has 1 rings (SSSR count). The quantitative estimate of drug-likeness (QED) is 0.665. The standard InChI is InChI=1S/C10H19NO3/c1-7(2)14-10(12)6-13-9-3-8(4-9)5-11/h7-9H,3-6,11H2,1-2H3. The van der Waals surface area contributed by atoms with Crippen LogP contribution in [0.25, 0.3) is 0 Å². The van der Waals surface area contributed by atoms with Crippen LogP contribution in [0.4, 0.5) is 0 Å². The molecule has 0 atom stereocenters. The van der Waals surface area contributed by atoms with Crippen molar-refractivity contribution in [2.45, 2.75) is 38.9 Å². The predicted molar refractivity (Wildman–Crippen MR) is 52.7 cm³/mol. The molecule has 0 radical (unpaired) electrons. The van der Waals surface area contributed by atoms with Crippen molar-refractivity contribution in [3.8, 4) is 0 Å². The second kappa shape index (κ2) is 5.32. The van der Waals surface area contributed by atoms with Crippen molar-refractivity contribution in [1.29, 1.82) is 0 Å². The van der Waals surface area contributed by atoms with Gasteiger partial charge in [0.25, 0.3) is 0 Å². The highest BCUT2D eigenvalue weighted by Crippen LogP contribution is 2.28. The predicted octanol–water partition coefficient (Wildman–Crippen LogP) is 0.692. The zero-order valence-electron chi connectivity index (χ0n) is 8.86. The summed E-state index contributed by atoms with van der Waals surface area (Å²) < 4.78 is 10.3. The van der Waals surface area contributed by atoms with Gasteiger partial charge in [-0.2, -0.15) is 0 Å². The van der Waals surface area contributed by atoms with Gasteiger partial charge >= 0.3 is 5.97 Å². The molecule has 4 heteroatoms. The fourth-order valence-corrected chi connectivity index (χ4v) is 1.49. The third-order valence-electron chi connectivity index (χ3n) is 2.33. The number of hydrogen-bond donors (Lipinski definition) is 1. The van der Waals surface area contributed by atoms with Crippen LogP contribution in [0.5, 0.6) is 0 Å². The summed E-state index contributed by atoms with van der Waals surface area (Å²) in [5, 5.41) is 0. The molecule has 2 N–H and O–H groups in total. The number of rotatable bonds is 5. The highest BCUT2D eigenvalue weighted by atomic mass is 16.6. The van der Waals surface area contributed by atoms with Crippen molar-refractivity contribution >= 4 is 5.97 Å². The molecule has 0 aromatic carbocycles. The average Bonchev–Trinajstić information content (AvgIpc) is 2.00. The minimum atomic E-state index is -0.281. The first-order valence-corrected chi connectivity index (χ1v) is 5.13. The molecule has 0 amide bonds. The first-order valence-electron chi connectivity index (χ1n) is 5.13. The number of ether oxygens (including phenoxy) is 2. The van der Waals surface area contributed by atoms with Gasteiger partial charge in [0, 0.05) is 0 Å². The summed E-state index contributed by atoms with van der Waals surface area (Å²) in [5.41, 5.74) is 5.47. The van der Waals surface area contributed by atoms with Crippen LogP contribution in [0.1, 0.15) is 26.7 Å². The smallest absolute Gasteiger partial charge is 0.332 e. The minimum Gasteiger partial charge on any atom is -0.461 e. The summed E-state index contributed by atoms with van der Waals surface area (Å²) >= 11 is 0. The summed E-state index contributed by atoms with van der Waals surface area (Å²) in [7, 11) is 0. The van der Waals surface area contributed by atoms with Crippen LogP contribution >= 0.6 is 0 Å². The summed E-state index contributed by atoms with van der Waals surface area (Å²) in [6.07, 6.45) is 2.10. The Morgan fingerprint density at radius 1 is 1.50 bits per heavy atom. The van der Waals surface area contributed by atoms with Gasteiger partial charge in [-0.3, -0.25) is 0 Å². The summed E-state index contributed by atoms with van der Waals surface area (Å²) in [4.78, 5) is 11.1. The van der Waals surface area contributed by atoms with Crippen LogP contribution < -0.4 is 5.73 Å². The number of nitrogens with two attached hydrogens (primary N) is 1. The van der Waals surface area contributed by atoms with E-state index in [4.69, 9.17) is 15.2 Å². The van der Waals surface area contributed by atoms with Gasteiger partial charge < -0.3 is 15.2 Å². The first kappa shape index (κ1) is 11.5. The van der Waals surface area contributed by atoms with Crippen LogP contribution in [0.15, 0.2) is 0 Å². The lowest BCUT2D eigenvalue weighted by Gasteiger charge is -2.33. The Bertz CT molecular complexity index is 188. The zero-order valence-corrected chi connectivity index (χ0v) is 8.86. The topological polar surface area (TPSA) is 61.5 Å². The lowest BCUT2D eigenvalue weighted by molar-refractivity contribution is -0.157. The van der Waals surface area contributed by atoms with E-state index in [-0.39, 0.29) is 24.8 Å². The molecule has 0 spiro atoms. The minimum absolute atomic E-state index is 0.0655. The molecule has 0 bridgehead atoms. The van der Waals surface area contributed by atoms with E-state index in [0.717, 1.165) is 19.4 Å². The average molecular weight is 201 g/mol. The molecule has 0 aliphatic heterocycles. The van der Waals surface area contributed by atoms with E-state index in [1.807, 2.05) is 13.8 Å². The SMILES string of the molecule is CC(C)OC(=O)COC1CC(CN)C1. The summed E-state index contributed by atoms with van der Waals surface area (Å²) in [6.45, 7) is 4.44. The fraction of sp³-hybridized carbons (Fsp3) is 0.900. The Balaban J connectivity index is 2.02. The molecule has 0 aromatic heterocycles. The number of esters is 1. The molecule has 1 aliphatic carbocycles. The van der Waals surface area contributed by atoms with Crippen LogP contribution in [0.3, 0.4) is 0 Å². The highest BCUT2D eigenvalue weighted by Gasteiger charge is 2.29. The van der Waals surface area contributed by atoms with Crippen molar-refractivity contribution in [1.82, 2.24) is 0 Å². The third kappa shape index (κ3) is 3.64. The highest BCUT2D eigenvalue weighted by molar-refractivity contribution is 5.70. The molecule has 1 fully saturated rings. The van der Waals surface area contributed by atoms with Crippen LogP contribution in [-0.2, 0) is 14.3 Å². The third-order valence-corrected chi connectivity index (χ3v) is 2.33. The lowest BCUT2D eigenvalue weighted by Crippen LogP contribution is -2.37. The summed E-state index contributed by atoms with van der Waals surface area (Å²) in [6, 6.07) is 0. The van der Waals surface area contributed by atoms with Gasteiger partial charge in [-0.1, -0.05) is 0 Å². The maximum Gasteiger partial charge on any atom is 0.332 e.